The van der Waals surface area contributed by atoms with Crippen LogP contribution in [0.15, 0.2) is 72.8 Å². The third-order valence-electron chi connectivity index (χ3n) is 7.58. The summed E-state index contributed by atoms with van der Waals surface area (Å²) >= 11 is 1.79. The summed E-state index contributed by atoms with van der Waals surface area (Å²) in [7, 11) is 1.66. The van der Waals surface area contributed by atoms with Gasteiger partial charge in [-0.1, -0.05) is 36.4 Å². The lowest BCUT2D eigenvalue weighted by atomic mass is 10.0. The number of aryl methyl sites for hydroxylation is 2. The smallest absolute Gasteiger partial charge is 0.335 e. The van der Waals surface area contributed by atoms with Crippen molar-refractivity contribution in [1.82, 2.24) is 4.90 Å². The fourth-order valence-electron chi connectivity index (χ4n) is 5.14. The highest BCUT2D eigenvalue weighted by molar-refractivity contribution is 7.12. The Morgan fingerprint density at radius 3 is 1.95 bits per heavy atom. The molecule has 0 saturated carbocycles. The number of methoxy groups -OCH3 is 1. The molecule has 0 aliphatic heterocycles. The van der Waals surface area contributed by atoms with E-state index >= 15 is 0 Å². The van der Waals surface area contributed by atoms with Gasteiger partial charge >= 0.3 is 11.9 Å². The second-order valence-corrected chi connectivity index (χ2v) is 12.0. The number of hydrogen-bond donors (Lipinski definition) is 2. The number of rotatable bonds is 16. The van der Waals surface area contributed by atoms with E-state index in [1.165, 1.54) is 20.9 Å². The molecule has 0 atom stereocenters. The molecule has 3 aromatic carbocycles. The number of aliphatic carboxylic acids is 1. The summed E-state index contributed by atoms with van der Waals surface area (Å²) in [4.78, 5) is 27.1. The minimum Gasteiger partial charge on any atom is -0.497 e. The SMILES string of the molecule is COc1ccc(-c2ccc(OCc3c(C)sc(C)c3CCN(CCCCC(=O)O)Cc3ccc(C(=O)O)cc3)cc2)cc1. The molecule has 43 heavy (non-hydrogen) atoms. The monoisotopic (exact) mass is 601 g/mol. The number of ether oxygens (including phenoxy) is 2. The topological polar surface area (TPSA) is 96.3 Å². The number of aromatic carboxylic acids is 1. The molecule has 1 aromatic heterocycles. The third kappa shape index (κ3) is 9.17. The Balaban J connectivity index is 1.41. The molecular formula is C35H39NO6S. The molecule has 0 radical (unpaired) electrons. The first kappa shape index (κ1) is 31.8. The maximum Gasteiger partial charge on any atom is 0.335 e. The van der Waals surface area contributed by atoms with Crippen LogP contribution < -0.4 is 9.47 Å². The zero-order chi connectivity index (χ0) is 30.8. The van der Waals surface area contributed by atoms with E-state index in [9.17, 15) is 14.7 Å². The lowest BCUT2D eigenvalue weighted by Gasteiger charge is -2.23. The van der Waals surface area contributed by atoms with Gasteiger partial charge in [0, 0.05) is 34.8 Å². The van der Waals surface area contributed by atoms with Gasteiger partial charge in [0.05, 0.1) is 12.7 Å². The van der Waals surface area contributed by atoms with E-state index in [-0.39, 0.29) is 12.0 Å². The fraction of sp³-hybridized carbons (Fsp3) is 0.314. The van der Waals surface area contributed by atoms with Crippen molar-refractivity contribution >= 4 is 23.3 Å². The molecule has 7 nitrogen and oxygen atoms in total. The summed E-state index contributed by atoms with van der Waals surface area (Å²) in [6, 6.07) is 23.1. The first-order valence-corrected chi connectivity index (χ1v) is 15.3. The predicted molar refractivity (Wildman–Crippen MR) is 170 cm³/mol. The largest absolute Gasteiger partial charge is 0.497 e. The van der Waals surface area contributed by atoms with Crippen LogP contribution in [0.3, 0.4) is 0 Å². The highest BCUT2D eigenvalue weighted by atomic mass is 32.1. The molecule has 1 heterocycles. The maximum absolute atomic E-state index is 11.3. The highest BCUT2D eigenvalue weighted by Gasteiger charge is 2.16. The van der Waals surface area contributed by atoms with Gasteiger partial charge in [0.2, 0.25) is 0 Å². The summed E-state index contributed by atoms with van der Waals surface area (Å²) < 4.78 is 11.5. The van der Waals surface area contributed by atoms with Crippen LogP contribution in [0, 0.1) is 13.8 Å². The van der Waals surface area contributed by atoms with Gasteiger partial charge in [-0.3, -0.25) is 9.69 Å². The number of carboxylic acids is 2. The number of thiophene rings is 1. The van der Waals surface area contributed by atoms with Crippen LogP contribution in [-0.4, -0.2) is 47.3 Å². The van der Waals surface area contributed by atoms with Crippen molar-refractivity contribution in [3.05, 3.63) is 105 Å². The van der Waals surface area contributed by atoms with Crippen LogP contribution >= 0.6 is 11.3 Å². The first-order chi connectivity index (χ1) is 20.7. The molecule has 0 fully saturated rings. The minimum atomic E-state index is -0.941. The van der Waals surface area contributed by atoms with Crippen molar-refractivity contribution in [2.24, 2.45) is 0 Å². The number of nitrogens with zero attached hydrogens (tertiary/aromatic N) is 1. The minimum absolute atomic E-state index is 0.159. The lowest BCUT2D eigenvalue weighted by Crippen LogP contribution is -2.27. The molecule has 0 saturated heterocycles. The van der Waals surface area contributed by atoms with Crippen molar-refractivity contribution in [2.75, 3.05) is 20.2 Å². The van der Waals surface area contributed by atoms with E-state index in [1.54, 1.807) is 30.6 Å². The van der Waals surface area contributed by atoms with E-state index in [0.29, 0.717) is 19.6 Å². The molecule has 0 aliphatic rings. The Hall–Kier alpha value is -4.14. The number of benzene rings is 3. The molecule has 0 aliphatic carbocycles. The van der Waals surface area contributed by atoms with E-state index in [1.807, 2.05) is 48.5 Å². The quantitative estimate of drug-likeness (QED) is 0.128. The fourth-order valence-corrected chi connectivity index (χ4v) is 6.25. The lowest BCUT2D eigenvalue weighted by molar-refractivity contribution is -0.137. The number of carboxylic acid groups (broad SMARTS) is 2. The van der Waals surface area contributed by atoms with E-state index in [2.05, 4.69) is 30.9 Å². The molecule has 4 aromatic rings. The van der Waals surface area contributed by atoms with Crippen molar-refractivity contribution in [2.45, 2.75) is 52.7 Å². The first-order valence-electron chi connectivity index (χ1n) is 14.4. The summed E-state index contributed by atoms with van der Waals surface area (Å²) in [6.45, 7) is 7.02. The average molecular weight is 602 g/mol. The van der Waals surface area contributed by atoms with Gasteiger partial charge in [-0.25, -0.2) is 4.79 Å². The normalized spacial score (nSPS) is 11.1. The van der Waals surface area contributed by atoms with E-state index in [0.717, 1.165) is 54.1 Å². The van der Waals surface area contributed by atoms with Crippen LogP contribution in [-0.2, 0) is 24.4 Å². The van der Waals surface area contributed by atoms with Gasteiger partial charge in [0.1, 0.15) is 18.1 Å². The number of carbonyl (C=O) groups is 2. The molecule has 2 N–H and O–H groups in total. The van der Waals surface area contributed by atoms with Crippen molar-refractivity contribution in [1.29, 1.82) is 0 Å². The average Bonchev–Trinajstić information content (AvgIpc) is 3.28. The highest BCUT2D eigenvalue weighted by Crippen LogP contribution is 2.30. The van der Waals surface area contributed by atoms with Crippen molar-refractivity contribution in [3.8, 4) is 22.6 Å². The molecule has 0 unspecified atom stereocenters. The van der Waals surface area contributed by atoms with Gasteiger partial charge in [-0.2, -0.15) is 0 Å². The van der Waals surface area contributed by atoms with Crippen molar-refractivity contribution in [3.63, 3.8) is 0 Å². The van der Waals surface area contributed by atoms with Gasteiger partial charge in [-0.05, 0) is 98.3 Å². The van der Waals surface area contributed by atoms with Gasteiger partial charge < -0.3 is 19.7 Å². The second kappa shape index (κ2) is 15.4. The Bertz CT molecular complexity index is 1490. The van der Waals surface area contributed by atoms with Gasteiger partial charge in [-0.15, -0.1) is 11.3 Å². The summed E-state index contributed by atoms with van der Waals surface area (Å²) in [6.07, 6.45) is 2.41. The van der Waals surface area contributed by atoms with Gasteiger partial charge in [0.15, 0.2) is 0 Å². The molecule has 0 spiro atoms. The number of unbranched alkanes of at least 4 members (excludes halogenated alkanes) is 1. The van der Waals surface area contributed by atoms with Gasteiger partial charge in [0.25, 0.3) is 0 Å². The Morgan fingerprint density at radius 1 is 0.767 bits per heavy atom. The summed E-state index contributed by atoms with van der Waals surface area (Å²) in [5, 5.41) is 18.3. The Kier molecular flexibility index (Phi) is 11.4. The molecule has 4 rings (SSSR count). The van der Waals surface area contributed by atoms with Crippen LogP contribution in [0.5, 0.6) is 11.5 Å². The van der Waals surface area contributed by atoms with E-state index < -0.39 is 11.9 Å². The summed E-state index contributed by atoms with van der Waals surface area (Å²) in [5.74, 6) is -0.0727. The maximum atomic E-state index is 11.3. The molecule has 0 bridgehead atoms. The Morgan fingerprint density at radius 2 is 1.37 bits per heavy atom. The van der Waals surface area contributed by atoms with Crippen LogP contribution in [0.1, 0.15) is 56.1 Å². The molecular weight excluding hydrogens is 562 g/mol. The Labute approximate surface area is 257 Å². The number of hydrogen-bond acceptors (Lipinski definition) is 6. The summed E-state index contributed by atoms with van der Waals surface area (Å²) in [5.41, 5.74) is 6.04. The van der Waals surface area contributed by atoms with Crippen LogP contribution in [0.25, 0.3) is 11.1 Å². The standard InChI is InChI=1S/C35H39NO6S/c1-24-32(19-21-36(20-5-4-6-34(37)38)22-26-7-9-29(10-8-26)35(39)40)33(25(2)43-24)23-42-31-17-13-28(14-18-31)27-11-15-30(41-3)16-12-27/h7-18H,4-6,19-23H2,1-3H3,(H,37,38)(H,39,40). The molecule has 0 amide bonds. The zero-order valence-electron chi connectivity index (χ0n) is 25.0. The third-order valence-corrected chi connectivity index (χ3v) is 8.69. The predicted octanol–water partition coefficient (Wildman–Crippen LogP) is 7.62. The molecule has 226 valence electrons. The molecule has 8 heteroatoms. The second-order valence-electron chi connectivity index (χ2n) is 10.6. The zero-order valence-corrected chi connectivity index (χ0v) is 25.8. The van der Waals surface area contributed by atoms with Crippen LogP contribution in [0.4, 0.5) is 0 Å². The van der Waals surface area contributed by atoms with E-state index in [4.69, 9.17) is 14.6 Å². The van der Waals surface area contributed by atoms with Crippen molar-refractivity contribution < 1.29 is 29.3 Å². The van der Waals surface area contributed by atoms with Crippen LogP contribution in [0.2, 0.25) is 0 Å².